The molecule has 1 saturated heterocycles. The molecule has 0 saturated carbocycles. The fourth-order valence-electron chi connectivity index (χ4n) is 1.25. The molecule has 58 valence electrons. The molecule has 10 heavy (non-hydrogen) atoms. The van der Waals surface area contributed by atoms with Gasteiger partial charge in [0.1, 0.15) is 0 Å². The fourth-order valence-corrected chi connectivity index (χ4v) is 1.25. The highest BCUT2D eigenvalue weighted by Gasteiger charge is 2.07. The second kappa shape index (κ2) is 3.74. The third-order valence-corrected chi connectivity index (χ3v) is 1.91. The number of hydrogen-bond donors (Lipinski definition) is 1. The molecule has 1 heterocycles. The molecule has 0 aromatic carbocycles. The Hall–Kier alpha value is -0.340. The maximum absolute atomic E-state index is 5.03. The van der Waals surface area contributed by atoms with Crippen molar-refractivity contribution in [1.29, 1.82) is 0 Å². The standard InChI is InChI=1S/C8H15NO/c1-7(6-10-2)8-3-4-9-5-8/h9H,3-6H2,1-2H3. The largest absolute Gasteiger partial charge is 0.380 e. The van der Waals surface area contributed by atoms with Crippen LogP contribution in [0.3, 0.4) is 0 Å². The fraction of sp³-hybridized carbons (Fsp3) is 0.750. The normalized spacial score (nSPS) is 23.4. The van der Waals surface area contributed by atoms with E-state index in [0.717, 1.165) is 19.7 Å². The maximum Gasteiger partial charge on any atom is 0.0673 e. The van der Waals surface area contributed by atoms with Crippen molar-refractivity contribution in [2.24, 2.45) is 0 Å². The quantitative estimate of drug-likeness (QED) is 0.578. The van der Waals surface area contributed by atoms with Gasteiger partial charge in [0.15, 0.2) is 0 Å². The molecule has 0 bridgehead atoms. The lowest BCUT2D eigenvalue weighted by molar-refractivity contribution is 0.225. The summed E-state index contributed by atoms with van der Waals surface area (Å²) in [6.45, 7) is 5.13. The lowest BCUT2D eigenvalue weighted by atomic mass is 10.1. The van der Waals surface area contributed by atoms with Crippen molar-refractivity contribution in [2.75, 3.05) is 26.8 Å². The summed E-state index contributed by atoms with van der Waals surface area (Å²) in [5, 5.41) is 3.30. The number of rotatable bonds is 2. The van der Waals surface area contributed by atoms with Crippen molar-refractivity contribution >= 4 is 0 Å². The second-order valence-corrected chi connectivity index (χ2v) is 2.74. The minimum absolute atomic E-state index is 0.789. The van der Waals surface area contributed by atoms with Crippen LogP contribution < -0.4 is 5.32 Å². The van der Waals surface area contributed by atoms with E-state index in [2.05, 4.69) is 12.2 Å². The molecular formula is C8H15NO. The predicted molar refractivity (Wildman–Crippen MR) is 42.1 cm³/mol. The summed E-state index contributed by atoms with van der Waals surface area (Å²) >= 11 is 0. The van der Waals surface area contributed by atoms with Crippen molar-refractivity contribution in [2.45, 2.75) is 13.3 Å². The van der Waals surface area contributed by atoms with E-state index in [9.17, 15) is 0 Å². The Labute approximate surface area is 62.3 Å². The molecule has 2 heteroatoms. The van der Waals surface area contributed by atoms with Crippen LogP contribution in [0, 0.1) is 0 Å². The van der Waals surface area contributed by atoms with Crippen molar-refractivity contribution in [3.63, 3.8) is 0 Å². The SMILES string of the molecule is COCC(C)=C1CCNC1. The number of methoxy groups -OCH3 is 1. The molecule has 1 aliphatic rings. The van der Waals surface area contributed by atoms with Gasteiger partial charge in [0.05, 0.1) is 6.61 Å². The summed E-state index contributed by atoms with van der Waals surface area (Å²) in [5.41, 5.74) is 2.93. The summed E-state index contributed by atoms with van der Waals surface area (Å²) in [5.74, 6) is 0. The van der Waals surface area contributed by atoms with Crippen molar-refractivity contribution in [3.05, 3.63) is 11.1 Å². The van der Waals surface area contributed by atoms with E-state index in [1.807, 2.05) is 0 Å². The molecule has 2 nitrogen and oxygen atoms in total. The molecule has 0 unspecified atom stereocenters. The first-order valence-corrected chi connectivity index (χ1v) is 3.71. The third-order valence-electron chi connectivity index (χ3n) is 1.91. The van der Waals surface area contributed by atoms with E-state index in [-0.39, 0.29) is 0 Å². The molecule has 0 spiro atoms. The first-order valence-electron chi connectivity index (χ1n) is 3.71. The highest BCUT2D eigenvalue weighted by molar-refractivity contribution is 5.17. The van der Waals surface area contributed by atoms with Gasteiger partial charge in [-0.1, -0.05) is 5.57 Å². The first-order chi connectivity index (χ1) is 4.84. The summed E-state index contributed by atoms with van der Waals surface area (Å²) < 4.78 is 5.03. The molecule has 0 aromatic rings. The minimum atomic E-state index is 0.789. The van der Waals surface area contributed by atoms with Crippen LogP contribution in [0.2, 0.25) is 0 Å². The van der Waals surface area contributed by atoms with Gasteiger partial charge >= 0.3 is 0 Å². The van der Waals surface area contributed by atoms with Crippen LogP contribution in [0.15, 0.2) is 11.1 Å². The predicted octanol–water partition coefficient (Wildman–Crippen LogP) is 0.943. The molecular weight excluding hydrogens is 126 g/mol. The van der Waals surface area contributed by atoms with Gasteiger partial charge < -0.3 is 10.1 Å². The van der Waals surface area contributed by atoms with Crippen LogP contribution in [0.1, 0.15) is 13.3 Å². The zero-order valence-corrected chi connectivity index (χ0v) is 6.74. The summed E-state index contributed by atoms with van der Waals surface area (Å²) in [6.07, 6.45) is 1.20. The highest BCUT2D eigenvalue weighted by Crippen LogP contribution is 2.11. The topological polar surface area (TPSA) is 21.3 Å². The molecule has 0 atom stereocenters. The number of nitrogens with one attached hydrogen (secondary N) is 1. The lowest BCUT2D eigenvalue weighted by Crippen LogP contribution is -2.05. The second-order valence-electron chi connectivity index (χ2n) is 2.74. The molecule has 1 fully saturated rings. The summed E-state index contributed by atoms with van der Waals surface area (Å²) in [6, 6.07) is 0. The van der Waals surface area contributed by atoms with Crippen LogP contribution >= 0.6 is 0 Å². The Morgan fingerprint density at radius 2 is 2.50 bits per heavy atom. The zero-order chi connectivity index (χ0) is 7.40. The van der Waals surface area contributed by atoms with Gasteiger partial charge in [0.2, 0.25) is 0 Å². The van der Waals surface area contributed by atoms with Gasteiger partial charge in [-0.15, -0.1) is 0 Å². The van der Waals surface area contributed by atoms with Crippen LogP contribution in [0.5, 0.6) is 0 Å². The zero-order valence-electron chi connectivity index (χ0n) is 6.74. The van der Waals surface area contributed by atoms with Crippen molar-refractivity contribution < 1.29 is 4.74 Å². The van der Waals surface area contributed by atoms with E-state index in [1.165, 1.54) is 17.6 Å². The summed E-state index contributed by atoms with van der Waals surface area (Å²) in [7, 11) is 1.74. The van der Waals surface area contributed by atoms with Crippen LogP contribution in [-0.2, 0) is 4.74 Å². The molecule has 1 N–H and O–H groups in total. The van der Waals surface area contributed by atoms with E-state index in [1.54, 1.807) is 7.11 Å². The Bertz CT molecular complexity index is 132. The maximum atomic E-state index is 5.03. The highest BCUT2D eigenvalue weighted by atomic mass is 16.5. The van der Waals surface area contributed by atoms with E-state index in [4.69, 9.17) is 4.74 Å². The van der Waals surface area contributed by atoms with Gasteiger partial charge in [-0.05, 0) is 25.5 Å². The van der Waals surface area contributed by atoms with Gasteiger partial charge in [0.25, 0.3) is 0 Å². The lowest BCUT2D eigenvalue weighted by Gasteiger charge is -2.02. The molecule has 1 aliphatic heterocycles. The van der Waals surface area contributed by atoms with E-state index in [0.29, 0.717) is 0 Å². The van der Waals surface area contributed by atoms with E-state index < -0.39 is 0 Å². The van der Waals surface area contributed by atoms with Gasteiger partial charge in [-0.2, -0.15) is 0 Å². The van der Waals surface area contributed by atoms with Crippen LogP contribution in [0.25, 0.3) is 0 Å². The average Bonchev–Trinajstić information content (AvgIpc) is 2.38. The molecule has 0 aromatic heterocycles. The number of hydrogen-bond acceptors (Lipinski definition) is 2. The van der Waals surface area contributed by atoms with Gasteiger partial charge in [-0.25, -0.2) is 0 Å². The van der Waals surface area contributed by atoms with E-state index >= 15 is 0 Å². The Morgan fingerprint density at radius 1 is 1.70 bits per heavy atom. The average molecular weight is 141 g/mol. The van der Waals surface area contributed by atoms with Crippen LogP contribution in [-0.4, -0.2) is 26.8 Å². The van der Waals surface area contributed by atoms with Crippen molar-refractivity contribution in [1.82, 2.24) is 5.32 Å². The van der Waals surface area contributed by atoms with Crippen LogP contribution in [0.4, 0.5) is 0 Å². The molecule has 0 aliphatic carbocycles. The Kier molecular flexibility index (Phi) is 2.90. The Morgan fingerprint density at radius 3 is 3.00 bits per heavy atom. The monoisotopic (exact) mass is 141 g/mol. The molecule has 0 amide bonds. The third kappa shape index (κ3) is 1.82. The minimum Gasteiger partial charge on any atom is -0.380 e. The Balaban J connectivity index is 2.46. The molecule has 0 radical (unpaired) electrons. The van der Waals surface area contributed by atoms with Crippen molar-refractivity contribution in [3.8, 4) is 0 Å². The van der Waals surface area contributed by atoms with Gasteiger partial charge in [-0.3, -0.25) is 0 Å². The summed E-state index contributed by atoms with van der Waals surface area (Å²) in [4.78, 5) is 0. The number of ether oxygens (including phenoxy) is 1. The first kappa shape index (κ1) is 7.76. The van der Waals surface area contributed by atoms with Gasteiger partial charge in [0, 0.05) is 13.7 Å². The smallest absolute Gasteiger partial charge is 0.0673 e. The molecule has 1 rings (SSSR count).